The van der Waals surface area contributed by atoms with Gasteiger partial charge in [0, 0.05) is 18.5 Å². The summed E-state index contributed by atoms with van der Waals surface area (Å²) in [6.07, 6.45) is 4.64. The Balaban J connectivity index is 1.63. The Morgan fingerprint density at radius 2 is 1.83 bits per heavy atom. The third kappa shape index (κ3) is 2.71. The van der Waals surface area contributed by atoms with E-state index in [1.807, 2.05) is 12.1 Å². The third-order valence-electron chi connectivity index (χ3n) is 6.59. The molecule has 1 saturated carbocycles. The summed E-state index contributed by atoms with van der Waals surface area (Å²) in [6, 6.07) is 4.75. The molecule has 4 heterocycles. The zero-order chi connectivity index (χ0) is 20.3. The van der Waals surface area contributed by atoms with Gasteiger partial charge in [-0.25, -0.2) is 0 Å². The molecule has 29 heavy (non-hydrogen) atoms. The maximum atomic E-state index is 13.6. The monoisotopic (exact) mass is 393 g/mol. The first kappa shape index (κ1) is 18.1. The van der Waals surface area contributed by atoms with Gasteiger partial charge in [-0.2, -0.15) is 0 Å². The smallest absolute Gasteiger partial charge is 0.295 e. The predicted octanol–water partition coefficient (Wildman–Crippen LogP) is 3.37. The number of carbonyl (C=O) groups is 2. The van der Waals surface area contributed by atoms with Crippen LogP contribution in [0.4, 0.5) is 5.82 Å². The number of hydrogen-bond acceptors (Lipinski definition) is 6. The van der Waals surface area contributed by atoms with Crippen LogP contribution in [0.2, 0.25) is 0 Å². The second-order valence-electron chi connectivity index (χ2n) is 8.45. The number of anilines is 1. The average Bonchev–Trinajstić information content (AvgIpc) is 3.26. The van der Waals surface area contributed by atoms with Crippen LogP contribution in [0.3, 0.4) is 0 Å². The fourth-order valence-electron chi connectivity index (χ4n) is 4.83. The molecule has 1 aliphatic carbocycles. The van der Waals surface area contributed by atoms with Crippen molar-refractivity contribution in [2.75, 3.05) is 4.90 Å². The van der Waals surface area contributed by atoms with Crippen molar-refractivity contribution in [1.82, 2.24) is 10.1 Å². The largest absolute Gasteiger partial charge is 0.483 e. The number of pyridine rings is 1. The van der Waals surface area contributed by atoms with Gasteiger partial charge >= 0.3 is 0 Å². The highest BCUT2D eigenvalue weighted by atomic mass is 16.5. The second-order valence-corrected chi connectivity index (χ2v) is 8.45. The van der Waals surface area contributed by atoms with Crippen LogP contribution in [-0.2, 0) is 14.3 Å². The number of rotatable bonds is 2. The van der Waals surface area contributed by atoms with Crippen LogP contribution in [-0.4, -0.2) is 27.9 Å². The fourth-order valence-corrected chi connectivity index (χ4v) is 4.83. The number of aromatic nitrogens is 2. The SMILES string of the molecule is Cc1cc(N2C(=O)C3=C(C(=O)C4CC(C)C(C)CC4O3)C2c2ccncc2)no1. The summed E-state index contributed by atoms with van der Waals surface area (Å²) in [5.41, 5.74) is 1.23. The fraction of sp³-hybridized carbons (Fsp3) is 0.455. The lowest BCUT2D eigenvalue weighted by Crippen LogP contribution is -2.43. The van der Waals surface area contributed by atoms with Crippen molar-refractivity contribution in [3.05, 3.63) is 53.2 Å². The van der Waals surface area contributed by atoms with Gasteiger partial charge in [-0.05, 0) is 49.3 Å². The van der Waals surface area contributed by atoms with Crippen LogP contribution in [0.15, 0.2) is 46.4 Å². The highest BCUT2D eigenvalue weighted by molar-refractivity contribution is 6.17. The van der Waals surface area contributed by atoms with Gasteiger partial charge in [0.05, 0.1) is 17.5 Å². The number of fused-ring (bicyclic) bond motifs is 1. The molecular weight excluding hydrogens is 370 g/mol. The second kappa shape index (κ2) is 6.54. The van der Waals surface area contributed by atoms with E-state index in [4.69, 9.17) is 9.26 Å². The van der Waals surface area contributed by atoms with Gasteiger partial charge in [-0.1, -0.05) is 19.0 Å². The Kier molecular flexibility index (Phi) is 4.08. The molecule has 2 aliphatic heterocycles. The number of nitrogens with zero attached hydrogens (tertiary/aromatic N) is 3. The van der Waals surface area contributed by atoms with Crippen molar-refractivity contribution >= 4 is 17.5 Å². The molecule has 0 N–H and O–H groups in total. The molecular formula is C22H23N3O4. The minimum atomic E-state index is -0.590. The number of Topliss-reactive ketones (excluding diaryl/α,β-unsaturated/α-hetero) is 1. The molecule has 0 spiro atoms. The highest BCUT2D eigenvalue weighted by Crippen LogP contribution is 2.49. The summed E-state index contributed by atoms with van der Waals surface area (Å²) in [6.45, 7) is 6.13. The summed E-state index contributed by atoms with van der Waals surface area (Å²) in [7, 11) is 0. The summed E-state index contributed by atoms with van der Waals surface area (Å²) < 4.78 is 11.4. The third-order valence-corrected chi connectivity index (χ3v) is 6.59. The minimum absolute atomic E-state index is 0.0212. The van der Waals surface area contributed by atoms with Crippen molar-refractivity contribution in [3.8, 4) is 0 Å². The van der Waals surface area contributed by atoms with Crippen molar-refractivity contribution in [2.24, 2.45) is 17.8 Å². The van der Waals surface area contributed by atoms with Gasteiger partial charge in [-0.3, -0.25) is 19.5 Å². The Labute approximate surface area is 168 Å². The van der Waals surface area contributed by atoms with Gasteiger partial charge < -0.3 is 9.26 Å². The Bertz CT molecular complexity index is 1010. The van der Waals surface area contributed by atoms with Crippen molar-refractivity contribution in [3.63, 3.8) is 0 Å². The van der Waals surface area contributed by atoms with Gasteiger partial charge in [0.2, 0.25) is 0 Å². The van der Waals surface area contributed by atoms with Crippen LogP contribution in [0.25, 0.3) is 0 Å². The quantitative estimate of drug-likeness (QED) is 0.778. The number of hydrogen-bond donors (Lipinski definition) is 0. The molecule has 3 aliphatic rings. The molecule has 1 fully saturated rings. The molecule has 5 unspecified atom stereocenters. The van der Waals surface area contributed by atoms with E-state index in [1.165, 1.54) is 4.90 Å². The van der Waals surface area contributed by atoms with Gasteiger partial charge in [0.1, 0.15) is 11.9 Å². The number of carbonyl (C=O) groups excluding carboxylic acids is 2. The maximum absolute atomic E-state index is 13.6. The van der Waals surface area contributed by atoms with E-state index in [-0.39, 0.29) is 29.5 Å². The van der Waals surface area contributed by atoms with Crippen molar-refractivity contribution in [1.29, 1.82) is 0 Å². The highest BCUT2D eigenvalue weighted by Gasteiger charge is 2.54. The van der Waals surface area contributed by atoms with E-state index < -0.39 is 6.04 Å². The van der Waals surface area contributed by atoms with Gasteiger partial charge in [-0.15, -0.1) is 0 Å². The van der Waals surface area contributed by atoms with Crippen LogP contribution < -0.4 is 4.90 Å². The number of amides is 1. The lowest BCUT2D eigenvalue weighted by atomic mass is 9.70. The molecule has 2 aromatic rings. The Morgan fingerprint density at radius 3 is 2.52 bits per heavy atom. The van der Waals surface area contributed by atoms with Gasteiger partial charge in [0.15, 0.2) is 17.4 Å². The minimum Gasteiger partial charge on any atom is -0.483 e. The van der Waals surface area contributed by atoms with Crippen LogP contribution in [0.1, 0.15) is 44.1 Å². The Morgan fingerprint density at radius 1 is 1.10 bits per heavy atom. The van der Waals surface area contributed by atoms with Crippen molar-refractivity contribution in [2.45, 2.75) is 45.8 Å². The number of aryl methyl sites for hydroxylation is 1. The first-order valence-electron chi connectivity index (χ1n) is 10.1. The van der Waals surface area contributed by atoms with Crippen LogP contribution >= 0.6 is 0 Å². The standard InChI is InChI=1S/C22H23N3O4/c1-11-8-15-16(9-12(11)2)28-21-18(20(15)26)19(14-4-6-23-7-5-14)25(22(21)27)17-10-13(3)29-24-17/h4-7,10-12,15-16,19H,8-9H2,1-3H3. The van der Waals surface area contributed by atoms with Crippen LogP contribution in [0.5, 0.6) is 0 Å². The summed E-state index contributed by atoms with van der Waals surface area (Å²) in [5.74, 6) is 1.50. The van der Waals surface area contributed by atoms with E-state index in [2.05, 4.69) is 24.0 Å². The number of ether oxygens (including phenoxy) is 1. The van der Waals surface area contributed by atoms with E-state index in [9.17, 15) is 9.59 Å². The summed E-state index contributed by atoms with van der Waals surface area (Å²) in [4.78, 5) is 32.6. The van der Waals surface area contributed by atoms with Crippen LogP contribution in [0, 0.1) is 24.7 Å². The molecule has 0 bridgehead atoms. The zero-order valence-corrected chi connectivity index (χ0v) is 16.7. The Hall–Kier alpha value is -2.96. The summed E-state index contributed by atoms with van der Waals surface area (Å²) in [5, 5.41) is 4.04. The maximum Gasteiger partial charge on any atom is 0.295 e. The van der Waals surface area contributed by atoms with E-state index in [0.29, 0.717) is 29.0 Å². The van der Waals surface area contributed by atoms with E-state index in [1.54, 1.807) is 25.4 Å². The molecule has 1 amide bonds. The summed E-state index contributed by atoms with van der Waals surface area (Å²) >= 11 is 0. The molecule has 5 atom stereocenters. The molecule has 0 aromatic carbocycles. The molecule has 150 valence electrons. The molecule has 5 rings (SSSR count). The van der Waals surface area contributed by atoms with Gasteiger partial charge in [0.25, 0.3) is 5.91 Å². The molecule has 7 nitrogen and oxygen atoms in total. The lowest BCUT2D eigenvalue weighted by molar-refractivity contribution is -0.134. The van der Waals surface area contributed by atoms with E-state index >= 15 is 0 Å². The topological polar surface area (TPSA) is 85.5 Å². The molecule has 7 heteroatoms. The first-order chi connectivity index (χ1) is 14.0. The average molecular weight is 393 g/mol. The normalized spacial score (nSPS) is 31.6. The zero-order valence-electron chi connectivity index (χ0n) is 16.7. The lowest BCUT2D eigenvalue weighted by Gasteiger charge is -2.40. The number of ketones is 1. The van der Waals surface area contributed by atoms with E-state index in [0.717, 1.165) is 18.4 Å². The predicted molar refractivity (Wildman–Crippen MR) is 104 cm³/mol. The molecule has 0 saturated heterocycles. The first-order valence-corrected chi connectivity index (χ1v) is 10.1. The van der Waals surface area contributed by atoms with Crippen molar-refractivity contribution < 1.29 is 18.8 Å². The molecule has 0 radical (unpaired) electrons. The molecule has 2 aromatic heterocycles.